The number of carbonyl (C=O) groups excluding carboxylic acids is 2. The predicted octanol–water partition coefficient (Wildman–Crippen LogP) is 1.88. The highest BCUT2D eigenvalue weighted by Crippen LogP contribution is 2.38. The summed E-state index contributed by atoms with van der Waals surface area (Å²) < 4.78 is 54.7. The van der Waals surface area contributed by atoms with E-state index in [1.54, 1.807) is 6.92 Å². The molecule has 1 heterocycles. The predicted molar refractivity (Wildman–Crippen MR) is 90.9 cm³/mol. The molecule has 1 atom stereocenters. The molecule has 0 aliphatic carbocycles. The van der Waals surface area contributed by atoms with Gasteiger partial charge in [0.25, 0.3) is 11.8 Å². The summed E-state index contributed by atoms with van der Waals surface area (Å²) in [5.41, 5.74) is 4.00. The quantitative estimate of drug-likeness (QED) is 0.536. The van der Waals surface area contributed by atoms with E-state index in [2.05, 4.69) is 26.2 Å². The van der Waals surface area contributed by atoms with Crippen LogP contribution < -0.4 is 26.4 Å². The molecule has 1 aliphatic rings. The number of amides is 2. The minimum absolute atomic E-state index is 0.0714. The van der Waals surface area contributed by atoms with Crippen molar-refractivity contribution in [2.24, 2.45) is 5.10 Å². The summed E-state index contributed by atoms with van der Waals surface area (Å²) in [6.45, 7) is 3.04. The number of halogens is 5. The first-order valence-electron chi connectivity index (χ1n) is 7.74. The first-order valence-corrected chi connectivity index (χ1v) is 8.11. The van der Waals surface area contributed by atoms with Crippen LogP contribution in [0.25, 0.3) is 0 Å². The number of nitrogens with zero attached hydrogens (tertiary/aromatic N) is 2. The van der Waals surface area contributed by atoms with Gasteiger partial charge in [0.1, 0.15) is 5.69 Å². The molecule has 0 radical (unpaired) electrons. The average Bonchev–Trinajstić information content (AvgIpc) is 3.03. The molecule has 1 aromatic carbocycles. The Morgan fingerprint density at radius 3 is 2.61 bits per heavy atom. The van der Waals surface area contributed by atoms with Gasteiger partial charge < -0.3 is 10.1 Å². The molecule has 1 aliphatic heterocycles. The minimum Gasteiger partial charge on any atom is -0.404 e. The topological polar surface area (TPSA) is 107 Å². The molecule has 14 heteroatoms. The summed E-state index contributed by atoms with van der Waals surface area (Å²) in [5.74, 6) is -2.94. The molecular formula is C14H15ClF4N6O3. The van der Waals surface area contributed by atoms with Crippen molar-refractivity contribution in [2.75, 3.05) is 11.9 Å². The monoisotopic (exact) mass is 426 g/mol. The summed E-state index contributed by atoms with van der Waals surface area (Å²) in [4.78, 5) is 24.0. The van der Waals surface area contributed by atoms with Crippen LogP contribution in [-0.4, -0.2) is 41.9 Å². The zero-order valence-electron chi connectivity index (χ0n) is 14.4. The Hall–Kier alpha value is -2.80. The van der Waals surface area contributed by atoms with Gasteiger partial charge >= 0.3 is 6.36 Å². The third-order valence-electron chi connectivity index (χ3n) is 3.33. The Balaban J connectivity index is 2.37. The third-order valence-corrected chi connectivity index (χ3v) is 3.72. The molecule has 0 fully saturated rings. The molecule has 154 valence electrons. The second-order valence-corrected chi connectivity index (χ2v) is 5.69. The van der Waals surface area contributed by atoms with E-state index >= 15 is 0 Å². The SMILES string of the molecule is CCN1NNN=C1NC(=O)c1ccc(OC(F)(F)F)c(NC(=O)C(C)F)c1Cl. The van der Waals surface area contributed by atoms with Crippen molar-refractivity contribution in [3.05, 3.63) is 22.7 Å². The normalized spacial score (nSPS) is 14.8. The average molecular weight is 427 g/mol. The second kappa shape index (κ2) is 8.48. The van der Waals surface area contributed by atoms with Gasteiger partial charge in [0, 0.05) is 6.54 Å². The zero-order chi connectivity index (χ0) is 21.1. The van der Waals surface area contributed by atoms with Crippen molar-refractivity contribution in [2.45, 2.75) is 26.4 Å². The molecule has 28 heavy (non-hydrogen) atoms. The Morgan fingerprint density at radius 1 is 1.36 bits per heavy atom. The van der Waals surface area contributed by atoms with E-state index in [0.717, 1.165) is 19.1 Å². The lowest BCUT2D eigenvalue weighted by molar-refractivity contribution is -0.274. The van der Waals surface area contributed by atoms with Crippen LogP contribution in [0, 0.1) is 0 Å². The van der Waals surface area contributed by atoms with Crippen LogP contribution >= 0.6 is 11.6 Å². The number of anilines is 1. The number of carbonyl (C=O) groups is 2. The summed E-state index contributed by atoms with van der Waals surface area (Å²) >= 11 is 6.01. The highest BCUT2D eigenvalue weighted by molar-refractivity contribution is 6.37. The number of ether oxygens (including phenoxy) is 1. The lowest BCUT2D eigenvalue weighted by Gasteiger charge is -2.19. The van der Waals surface area contributed by atoms with Crippen LogP contribution in [0.15, 0.2) is 17.2 Å². The fourth-order valence-electron chi connectivity index (χ4n) is 2.03. The fourth-order valence-corrected chi connectivity index (χ4v) is 2.32. The third kappa shape index (κ3) is 5.13. The molecule has 1 aromatic rings. The maximum Gasteiger partial charge on any atom is 0.573 e. The Kier molecular flexibility index (Phi) is 6.51. The summed E-state index contributed by atoms with van der Waals surface area (Å²) in [7, 11) is 0. The first kappa shape index (κ1) is 21.5. The molecule has 0 spiro atoms. The number of hydrazone groups is 1. The maximum absolute atomic E-state index is 13.2. The lowest BCUT2D eigenvalue weighted by Crippen LogP contribution is -2.47. The van der Waals surface area contributed by atoms with Gasteiger partial charge in [0.05, 0.1) is 10.6 Å². The summed E-state index contributed by atoms with van der Waals surface area (Å²) in [6, 6.07) is 1.73. The van der Waals surface area contributed by atoms with Gasteiger partial charge in [-0.2, -0.15) is 0 Å². The Bertz CT molecular complexity index is 802. The summed E-state index contributed by atoms with van der Waals surface area (Å²) in [5, 5.41) is 8.88. The lowest BCUT2D eigenvalue weighted by atomic mass is 10.1. The maximum atomic E-state index is 13.2. The number of guanidine groups is 1. The zero-order valence-corrected chi connectivity index (χ0v) is 15.2. The number of hydrazine groups is 2. The molecule has 4 N–H and O–H groups in total. The van der Waals surface area contributed by atoms with Gasteiger partial charge in [-0.1, -0.05) is 11.6 Å². The molecule has 2 amide bonds. The van der Waals surface area contributed by atoms with Crippen LogP contribution in [0.2, 0.25) is 5.02 Å². The van der Waals surface area contributed by atoms with Crippen molar-refractivity contribution >= 4 is 35.1 Å². The van der Waals surface area contributed by atoms with E-state index in [1.807, 2.05) is 5.32 Å². The van der Waals surface area contributed by atoms with E-state index in [9.17, 15) is 27.2 Å². The van der Waals surface area contributed by atoms with E-state index < -0.39 is 40.8 Å². The van der Waals surface area contributed by atoms with Crippen molar-refractivity contribution in [3.63, 3.8) is 0 Å². The highest BCUT2D eigenvalue weighted by atomic mass is 35.5. The van der Waals surface area contributed by atoms with Gasteiger partial charge in [-0.3, -0.25) is 19.9 Å². The molecule has 0 aromatic heterocycles. The van der Waals surface area contributed by atoms with E-state index in [-0.39, 0.29) is 11.5 Å². The van der Waals surface area contributed by atoms with Crippen LogP contribution in [0.5, 0.6) is 5.75 Å². The molecule has 1 unspecified atom stereocenters. The van der Waals surface area contributed by atoms with Crippen molar-refractivity contribution in [1.82, 2.24) is 21.4 Å². The van der Waals surface area contributed by atoms with E-state index in [0.29, 0.717) is 6.54 Å². The van der Waals surface area contributed by atoms with Crippen LogP contribution in [0.3, 0.4) is 0 Å². The smallest absolute Gasteiger partial charge is 0.404 e. The first-order chi connectivity index (χ1) is 13.0. The van der Waals surface area contributed by atoms with Gasteiger partial charge in [0.15, 0.2) is 11.9 Å². The molecule has 0 saturated heterocycles. The number of benzene rings is 1. The van der Waals surface area contributed by atoms with Gasteiger partial charge in [-0.25, -0.2) is 9.93 Å². The standard InChI is InChI=1S/C14H15ClF4N6O3/c1-3-25-13(22-23-24-25)21-12(27)7-4-5-8(28-14(17,18)19)10(9(7)15)20-11(26)6(2)16/h4-6,23-24H,3H2,1-2H3,(H,20,26)(H,21,22,27). The number of nitrogens with one attached hydrogen (secondary N) is 4. The van der Waals surface area contributed by atoms with Gasteiger partial charge in [-0.15, -0.1) is 23.8 Å². The van der Waals surface area contributed by atoms with E-state index in [4.69, 9.17) is 11.6 Å². The number of hydrogen-bond acceptors (Lipinski definition) is 7. The van der Waals surface area contributed by atoms with Gasteiger partial charge in [0.2, 0.25) is 5.96 Å². The molecular weight excluding hydrogens is 412 g/mol. The van der Waals surface area contributed by atoms with E-state index in [1.165, 1.54) is 5.01 Å². The van der Waals surface area contributed by atoms with Crippen molar-refractivity contribution in [1.29, 1.82) is 0 Å². The Morgan fingerprint density at radius 2 is 2.04 bits per heavy atom. The Labute approximate surface area is 161 Å². The summed E-state index contributed by atoms with van der Waals surface area (Å²) in [6.07, 6.45) is -7.15. The largest absolute Gasteiger partial charge is 0.573 e. The van der Waals surface area contributed by atoms with Gasteiger partial charge in [-0.05, 0) is 26.0 Å². The molecule has 9 nitrogen and oxygen atoms in total. The van der Waals surface area contributed by atoms with Crippen molar-refractivity contribution < 1.29 is 31.9 Å². The molecule has 0 saturated carbocycles. The fraction of sp³-hybridized carbons (Fsp3) is 0.357. The second-order valence-electron chi connectivity index (χ2n) is 5.31. The van der Waals surface area contributed by atoms with Crippen LogP contribution in [0.4, 0.5) is 23.2 Å². The number of alkyl halides is 4. The molecule has 0 bridgehead atoms. The van der Waals surface area contributed by atoms with Crippen LogP contribution in [-0.2, 0) is 4.79 Å². The highest BCUT2D eigenvalue weighted by Gasteiger charge is 2.34. The number of rotatable bonds is 5. The number of hydrogen-bond donors (Lipinski definition) is 4. The minimum atomic E-state index is -5.11. The molecule has 2 rings (SSSR count). The van der Waals surface area contributed by atoms with Crippen molar-refractivity contribution in [3.8, 4) is 5.75 Å². The van der Waals surface area contributed by atoms with Crippen LogP contribution in [0.1, 0.15) is 24.2 Å².